The van der Waals surface area contributed by atoms with Gasteiger partial charge in [-0.1, -0.05) is 12.1 Å². The molecule has 1 fully saturated rings. The number of hydrogen-bond acceptors (Lipinski definition) is 5. The summed E-state index contributed by atoms with van der Waals surface area (Å²) in [6.07, 6.45) is 1.60. The van der Waals surface area contributed by atoms with Crippen molar-refractivity contribution in [3.8, 4) is 23.1 Å². The number of benzene rings is 1. The minimum absolute atomic E-state index is 0.194. The molecule has 9 heteroatoms. The minimum atomic E-state index is -2.66. The van der Waals surface area contributed by atoms with Gasteiger partial charge in [0.2, 0.25) is 0 Å². The van der Waals surface area contributed by atoms with Crippen LogP contribution in [0.2, 0.25) is 0 Å². The molecule has 1 aliphatic rings. The van der Waals surface area contributed by atoms with Gasteiger partial charge in [0.25, 0.3) is 6.43 Å². The van der Waals surface area contributed by atoms with Gasteiger partial charge in [-0.2, -0.15) is 15.5 Å². The van der Waals surface area contributed by atoms with Crippen LogP contribution in [0.15, 0.2) is 42.7 Å². The molecule has 34 heavy (non-hydrogen) atoms. The molecule has 172 valence electrons. The zero-order chi connectivity index (χ0) is 23.8. The zero-order valence-electron chi connectivity index (χ0n) is 18.9. The van der Waals surface area contributed by atoms with Crippen LogP contribution in [0.4, 0.5) is 8.78 Å². The van der Waals surface area contributed by atoms with Crippen molar-refractivity contribution in [3.63, 3.8) is 0 Å². The smallest absolute Gasteiger partial charge is 0.268 e. The van der Waals surface area contributed by atoms with Gasteiger partial charge in [0.1, 0.15) is 12.0 Å². The number of aryl methyl sites for hydroxylation is 1. The summed E-state index contributed by atoms with van der Waals surface area (Å²) in [7, 11) is 0. The highest BCUT2D eigenvalue weighted by atomic mass is 19.3. The van der Waals surface area contributed by atoms with Crippen molar-refractivity contribution in [1.82, 2.24) is 29.5 Å². The molecule has 0 N–H and O–H groups in total. The average Bonchev–Trinajstić information content (AvgIpc) is 3.49. The molecule has 1 aromatic carbocycles. The standard InChI is InChI=1S/C25H23F2N7/c1-15-9-22(25(26)27)34(31-15)23-11-20(29-14-30-23)10-21-16(2)24(32-33(21)13-18-3-4-18)19-7-5-17(12-28)6-8-19/h5-9,11,14,18,25H,3-4,10,13H2,1-2H3. The second kappa shape index (κ2) is 8.78. The highest BCUT2D eigenvalue weighted by Crippen LogP contribution is 2.33. The zero-order valence-corrected chi connectivity index (χ0v) is 18.9. The van der Waals surface area contributed by atoms with E-state index < -0.39 is 6.43 Å². The van der Waals surface area contributed by atoms with Crippen LogP contribution in [0, 0.1) is 31.1 Å². The number of rotatable bonds is 7. The fraction of sp³-hybridized carbons (Fsp3) is 0.320. The number of nitriles is 1. The van der Waals surface area contributed by atoms with E-state index in [9.17, 15) is 8.78 Å². The molecule has 0 amide bonds. The summed E-state index contributed by atoms with van der Waals surface area (Å²) in [6, 6.07) is 12.6. The van der Waals surface area contributed by atoms with Crippen molar-refractivity contribution >= 4 is 0 Å². The topological polar surface area (TPSA) is 85.2 Å². The van der Waals surface area contributed by atoms with E-state index in [4.69, 9.17) is 10.4 Å². The average molecular weight is 460 g/mol. The van der Waals surface area contributed by atoms with E-state index in [-0.39, 0.29) is 5.69 Å². The van der Waals surface area contributed by atoms with Crippen LogP contribution in [0.3, 0.4) is 0 Å². The predicted octanol–water partition coefficient (Wildman–Crippen LogP) is 4.95. The lowest BCUT2D eigenvalue weighted by Crippen LogP contribution is -2.10. The largest absolute Gasteiger partial charge is 0.280 e. The van der Waals surface area contributed by atoms with Gasteiger partial charge >= 0.3 is 0 Å². The van der Waals surface area contributed by atoms with E-state index in [0.29, 0.717) is 35.1 Å². The first-order valence-corrected chi connectivity index (χ1v) is 11.2. The number of hydrogen-bond donors (Lipinski definition) is 0. The molecule has 7 nitrogen and oxygen atoms in total. The molecule has 1 saturated carbocycles. The highest BCUT2D eigenvalue weighted by Gasteiger charge is 2.26. The third-order valence-corrected chi connectivity index (χ3v) is 6.09. The molecule has 5 rings (SSSR count). The minimum Gasteiger partial charge on any atom is -0.268 e. The molecule has 0 radical (unpaired) electrons. The molecule has 3 aromatic heterocycles. The Labute approximate surface area is 195 Å². The summed E-state index contributed by atoms with van der Waals surface area (Å²) >= 11 is 0. The Hall–Kier alpha value is -3.93. The first kappa shape index (κ1) is 21.9. The summed E-state index contributed by atoms with van der Waals surface area (Å²) in [5.41, 5.74) is 5.49. The van der Waals surface area contributed by atoms with Crippen molar-refractivity contribution in [2.24, 2.45) is 5.92 Å². The SMILES string of the molecule is Cc1cc(C(F)F)n(-c2cc(Cc3c(C)c(-c4ccc(C#N)cc4)nn3CC3CC3)ncn2)n1. The Morgan fingerprint density at radius 3 is 2.53 bits per heavy atom. The Morgan fingerprint density at radius 1 is 1.09 bits per heavy atom. The van der Waals surface area contributed by atoms with Crippen LogP contribution in [0.25, 0.3) is 17.1 Å². The Balaban J connectivity index is 1.51. The quantitative estimate of drug-likeness (QED) is 0.390. The van der Waals surface area contributed by atoms with Crippen molar-refractivity contribution in [2.75, 3.05) is 0 Å². The van der Waals surface area contributed by atoms with Crippen molar-refractivity contribution in [3.05, 3.63) is 76.6 Å². The fourth-order valence-corrected chi connectivity index (χ4v) is 4.11. The fourth-order valence-electron chi connectivity index (χ4n) is 4.11. The Morgan fingerprint density at radius 2 is 1.85 bits per heavy atom. The van der Waals surface area contributed by atoms with Gasteiger partial charge in [-0.3, -0.25) is 4.68 Å². The molecule has 0 spiro atoms. The van der Waals surface area contributed by atoms with E-state index in [2.05, 4.69) is 21.1 Å². The third kappa shape index (κ3) is 4.31. The first-order chi connectivity index (χ1) is 16.4. The molecule has 0 bridgehead atoms. The second-order valence-corrected chi connectivity index (χ2v) is 8.70. The molecule has 1 aliphatic carbocycles. The summed E-state index contributed by atoms with van der Waals surface area (Å²) in [6.45, 7) is 4.54. The van der Waals surface area contributed by atoms with Crippen molar-refractivity contribution in [1.29, 1.82) is 5.26 Å². The van der Waals surface area contributed by atoms with Crippen LogP contribution < -0.4 is 0 Å². The summed E-state index contributed by atoms with van der Waals surface area (Å²) in [5, 5.41) is 18.2. The van der Waals surface area contributed by atoms with E-state index >= 15 is 0 Å². The lowest BCUT2D eigenvalue weighted by atomic mass is 10.0. The van der Waals surface area contributed by atoms with Crippen LogP contribution in [0.1, 0.15) is 53.2 Å². The molecular weight excluding hydrogens is 436 g/mol. The molecule has 0 unspecified atom stereocenters. The lowest BCUT2D eigenvalue weighted by Gasteiger charge is -2.10. The molecule has 0 atom stereocenters. The molecule has 3 heterocycles. The van der Waals surface area contributed by atoms with E-state index in [0.717, 1.165) is 29.1 Å². The Bertz CT molecular complexity index is 1380. The van der Waals surface area contributed by atoms with E-state index in [1.165, 1.54) is 29.9 Å². The molecule has 4 aromatic rings. The molecule has 0 saturated heterocycles. The normalized spacial score (nSPS) is 13.4. The third-order valence-electron chi connectivity index (χ3n) is 6.09. The maximum absolute atomic E-state index is 13.5. The van der Waals surface area contributed by atoms with Crippen LogP contribution >= 0.6 is 0 Å². The molecular formula is C25H23F2N7. The van der Waals surface area contributed by atoms with Crippen molar-refractivity contribution < 1.29 is 8.78 Å². The second-order valence-electron chi connectivity index (χ2n) is 8.70. The summed E-state index contributed by atoms with van der Waals surface area (Å²) in [5.74, 6) is 0.931. The Kier molecular flexibility index (Phi) is 5.65. The van der Waals surface area contributed by atoms with Gasteiger partial charge in [-0.05, 0) is 56.4 Å². The highest BCUT2D eigenvalue weighted by molar-refractivity contribution is 5.65. The number of alkyl halides is 2. The van der Waals surface area contributed by atoms with Crippen LogP contribution in [0.5, 0.6) is 0 Å². The first-order valence-electron chi connectivity index (χ1n) is 11.2. The van der Waals surface area contributed by atoms with Gasteiger partial charge in [-0.15, -0.1) is 0 Å². The summed E-state index contributed by atoms with van der Waals surface area (Å²) < 4.78 is 30.2. The monoisotopic (exact) mass is 459 g/mol. The number of nitrogens with zero attached hydrogens (tertiary/aromatic N) is 7. The maximum Gasteiger partial charge on any atom is 0.280 e. The number of halogens is 2. The lowest BCUT2D eigenvalue weighted by molar-refractivity contribution is 0.142. The van der Waals surface area contributed by atoms with E-state index in [1.54, 1.807) is 25.1 Å². The van der Waals surface area contributed by atoms with Gasteiger partial charge < -0.3 is 0 Å². The van der Waals surface area contributed by atoms with Gasteiger partial charge in [-0.25, -0.2) is 23.4 Å². The van der Waals surface area contributed by atoms with Crippen LogP contribution in [-0.2, 0) is 13.0 Å². The van der Waals surface area contributed by atoms with Crippen molar-refractivity contribution in [2.45, 2.75) is 46.1 Å². The maximum atomic E-state index is 13.5. The van der Waals surface area contributed by atoms with E-state index in [1.807, 2.05) is 23.7 Å². The van der Waals surface area contributed by atoms with Crippen LogP contribution in [-0.4, -0.2) is 29.5 Å². The van der Waals surface area contributed by atoms with Gasteiger partial charge in [0.15, 0.2) is 5.82 Å². The summed E-state index contributed by atoms with van der Waals surface area (Å²) in [4.78, 5) is 8.59. The number of aromatic nitrogens is 6. The van der Waals surface area contributed by atoms with Gasteiger partial charge in [0, 0.05) is 30.3 Å². The predicted molar refractivity (Wildman–Crippen MR) is 121 cm³/mol. The van der Waals surface area contributed by atoms with Gasteiger partial charge in [0.05, 0.1) is 28.7 Å². The molecule has 0 aliphatic heterocycles.